The Kier molecular flexibility index (Phi) is 4.65. The number of halogens is 1. The van der Waals surface area contributed by atoms with Crippen LogP contribution in [-0.2, 0) is 14.8 Å². The van der Waals surface area contributed by atoms with Crippen LogP contribution in [0.25, 0.3) is 0 Å². The Balaban J connectivity index is 1.87. The molecule has 1 N–H and O–H groups in total. The lowest BCUT2D eigenvalue weighted by atomic mass is 10.3. The van der Waals surface area contributed by atoms with E-state index < -0.39 is 26.6 Å². The summed E-state index contributed by atoms with van der Waals surface area (Å²) in [6.45, 7) is 0.834. The van der Waals surface area contributed by atoms with Gasteiger partial charge >= 0.3 is 0 Å². The molecule has 1 saturated heterocycles. The van der Waals surface area contributed by atoms with Gasteiger partial charge in [-0.25, -0.2) is 12.8 Å². The molecule has 24 heavy (non-hydrogen) atoms. The highest BCUT2D eigenvalue weighted by atomic mass is 32.2. The van der Waals surface area contributed by atoms with Crippen LogP contribution in [0.3, 0.4) is 0 Å². The summed E-state index contributed by atoms with van der Waals surface area (Å²) in [6.07, 6.45) is 1.34. The van der Waals surface area contributed by atoms with Gasteiger partial charge in [-0.05, 0) is 30.3 Å². The molecule has 0 radical (unpaired) electrons. The van der Waals surface area contributed by atoms with Gasteiger partial charge in [0.25, 0.3) is 5.91 Å². The maximum Gasteiger partial charge on any atom is 0.291 e. The highest BCUT2D eigenvalue weighted by Crippen LogP contribution is 2.24. The quantitative estimate of drug-likeness (QED) is 0.903. The Morgan fingerprint density at radius 3 is 2.62 bits per heavy atom. The zero-order valence-electron chi connectivity index (χ0n) is 12.6. The highest BCUT2D eigenvalue weighted by Gasteiger charge is 2.29. The summed E-state index contributed by atoms with van der Waals surface area (Å²) in [7, 11) is -4.00. The summed E-state index contributed by atoms with van der Waals surface area (Å²) in [5, 5.41) is 2.48. The summed E-state index contributed by atoms with van der Waals surface area (Å²) >= 11 is 0. The Bertz CT molecular complexity index is 830. The van der Waals surface area contributed by atoms with Crippen molar-refractivity contribution >= 4 is 21.6 Å². The molecule has 1 aliphatic heterocycles. The van der Waals surface area contributed by atoms with Crippen LogP contribution < -0.4 is 5.32 Å². The first kappa shape index (κ1) is 16.6. The van der Waals surface area contributed by atoms with E-state index in [2.05, 4.69) is 5.32 Å². The standard InChI is InChI=1S/C15H15FN2O5S/c16-12-4-3-11(17-15(19)13-2-1-7-23-13)10-14(12)24(20,21)18-5-8-22-9-6-18/h1-4,7,10H,5-6,8-9H2,(H,17,19). The van der Waals surface area contributed by atoms with Crippen molar-refractivity contribution in [2.45, 2.75) is 4.90 Å². The minimum atomic E-state index is -4.00. The smallest absolute Gasteiger partial charge is 0.291 e. The fourth-order valence-corrected chi connectivity index (χ4v) is 3.80. The second kappa shape index (κ2) is 6.71. The number of furan rings is 1. The summed E-state index contributed by atoms with van der Waals surface area (Å²) < 4.78 is 50.4. The first-order chi connectivity index (χ1) is 11.5. The minimum absolute atomic E-state index is 0.0666. The van der Waals surface area contributed by atoms with Gasteiger partial charge in [-0.2, -0.15) is 4.31 Å². The summed E-state index contributed by atoms with van der Waals surface area (Å²) in [6, 6.07) is 6.40. The normalized spacial score (nSPS) is 16.0. The Morgan fingerprint density at radius 2 is 1.96 bits per heavy atom. The summed E-state index contributed by atoms with van der Waals surface area (Å²) in [4.78, 5) is 11.5. The molecule has 1 aromatic heterocycles. The third-order valence-corrected chi connectivity index (χ3v) is 5.44. The number of carbonyl (C=O) groups excluding carboxylic acids is 1. The highest BCUT2D eigenvalue weighted by molar-refractivity contribution is 7.89. The van der Waals surface area contributed by atoms with E-state index >= 15 is 0 Å². The average molecular weight is 354 g/mol. The average Bonchev–Trinajstić information content (AvgIpc) is 3.12. The number of hydrogen-bond acceptors (Lipinski definition) is 5. The number of sulfonamides is 1. The lowest BCUT2D eigenvalue weighted by Gasteiger charge is -2.26. The van der Waals surface area contributed by atoms with Crippen LogP contribution in [0.2, 0.25) is 0 Å². The van der Waals surface area contributed by atoms with Crippen LogP contribution in [0.4, 0.5) is 10.1 Å². The van der Waals surface area contributed by atoms with Crippen LogP contribution in [-0.4, -0.2) is 44.9 Å². The number of amides is 1. The van der Waals surface area contributed by atoms with E-state index in [1.54, 1.807) is 6.07 Å². The molecule has 0 saturated carbocycles. The third kappa shape index (κ3) is 3.32. The van der Waals surface area contributed by atoms with Crippen molar-refractivity contribution in [3.8, 4) is 0 Å². The van der Waals surface area contributed by atoms with Crippen LogP contribution in [0.5, 0.6) is 0 Å². The molecule has 0 atom stereocenters. The molecule has 7 nitrogen and oxygen atoms in total. The summed E-state index contributed by atoms with van der Waals surface area (Å²) in [5.41, 5.74) is 0.157. The van der Waals surface area contributed by atoms with Crippen LogP contribution in [0.15, 0.2) is 45.9 Å². The van der Waals surface area contributed by atoms with Gasteiger partial charge in [0.2, 0.25) is 10.0 Å². The van der Waals surface area contributed by atoms with E-state index in [0.717, 1.165) is 16.4 Å². The molecule has 0 bridgehead atoms. The van der Waals surface area contributed by atoms with Gasteiger partial charge < -0.3 is 14.5 Å². The van der Waals surface area contributed by atoms with E-state index in [1.165, 1.54) is 18.4 Å². The van der Waals surface area contributed by atoms with Gasteiger partial charge in [0.15, 0.2) is 5.76 Å². The van der Waals surface area contributed by atoms with Crippen molar-refractivity contribution in [2.24, 2.45) is 0 Å². The number of nitrogens with zero attached hydrogens (tertiary/aromatic N) is 1. The van der Waals surface area contributed by atoms with Gasteiger partial charge in [-0.1, -0.05) is 0 Å². The van der Waals surface area contributed by atoms with Gasteiger partial charge in [0.1, 0.15) is 10.7 Å². The number of morpholine rings is 1. The molecule has 3 rings (SSSR count). The molecular weight excluding hydrogens is 339 g/mol. The molecule has 1 fully saturated rings. The predicted molar refractivity (Wildman–Crippen MR) is 82.6 cm³/mol. The molecule has 1 aromatic carbocycles. The fraction of sp³-hybridized carbons (Fsp3) is 0.267. The number of ether oxygens (including phenoxy) is 1. The van der Waals surface area contributed by atoms with Gasteiger partial charge in [-0.15, -0.1) is 0 Å². The lowest BCUT2D eigenvalue weighted by Crippen LogP contribution is -2.40. The Morgan fingerprint density at radius 1 is 1.21 bits per heavy atom. The molecule has 0 aliphatic carbocycles. The van der Waals surface area contributed by atoms with Crippen molar-refractivity contribution in [3.63, 3.8) is 0 Å². The maximum atomic E-state index is 14.1. The van der Waals surface area contributed by atoms with Crippen LogP contribution in [0.1, 0.15) is 10.6 Å². The first-order valence-electron chi connectivity index (χ1n) is 7.21. The molecule has 2 aromatic rings. The fourth-order valence-electron chi connectivity index (χ4n) is 2.31. The van der Waals surface area contributed by atoms with Gasteiger partial charge in [-0.3, -0.25) is 4.79 Å². The van der Waals surface area contributed by atoms with E-state index in [1.807, 2.05) is 0 Å². The molecular formula is C15H15FN2O5S. The lowest BCUT2D eigenvalue weighted by molar-refractivity contribution is 0.0729. The topological polar surface area (TPSA) is 88.9 Å². The van der Waals surface area contributed by atoms with Crippen molar-refractivity contribution in [1.82, 2.24) is 4.31 Å². The number of anilines is 1. The van der Waals surface area contributed by atoms with Crippen molar-refractivity contribution < 1.29 is 26.8 Å². The Hall–Kier alpha value is -2.23. The Labute approximate surface area is 138 Å². The number of nitrogens with one attached hydrogen (secondary N) is 1. The van der Waals surface area contributed by atoms with Crippen LogP contribution >= 0.6 is 0 Å². The van der Waals surface area contributed by atoms with E-state index in [9.17, 15) is 17.6 Å². The molecule has 0 unspecified atom stereocenters. The molecule has 0 spiro atoms. The largest absolute Gasteiger partial charge is 0.459 e. The van der Waals surface area contributed by atoms with Crippen molar-refractivity contribution in [2.75, 3.05) is 31.6 Å². The number of hydrogen-bond donors (Lipinski definition) is 1. The zero-order chi connectivity index (χ0) is 17.2. The molecule has 9 heteroatoms. The number of rotatable bonds is 4. The van der Waals surface area contributed by atoms with Crippen molar-refractivity contribution in [1.29, 1.82) is 0 Å². The molecule has 1 amide bonds. The second-order valence-electron chi connectivity index (χ2n) is 5.09. The minimum Gasteiger partial charge on any atom is -0.459 e. The third-order valence-electron chi connectivity index (χ3n) is 3.52. The van der Waals surface area contributed by atoms with Crippen molar-refractivity contribution in [3.05, 3.63) is 48.2 Å². The number of benzene rings is 1. The van der Waals surface area contributed by atoms with E-state index in [0.29, 0.717) is 0 Å². The second-order valence-corrected chi connectivity index (χ2v) is 7.00. The SMILES string of the molecule is O=C(Nc1ccc(F)c(S(=O)(=O)N2CCOCC2)c1)c1ccco1. The van der Waals surface area contributed by atoms with Crippen LogP contribution in [0, 0.1) is 5.82 Å². The van der Waals surface area contributed by atoms with Gasteiger partial charge in [0, 0.05) is 18.8 Å². The van der Waals surface area contributed by atoms with Gasteiger partial charge in [0.05, 0.1) is 19.5 Å². The number of carbonyl (C=O) groups is 1. The monoisotopic (exact) mass is 354 g/mol. The van der Waals surface area contributed by atoms with E-state index in [4.69, 9.17) is 9.15 Å². The maximum absolute atomic E-state index is 14.1. The molecule has 128 valence electrons. The summed E-state index contributed by atoms with van der Waals surface area (Å²) in [5.74, 6) is -1.37. The zero-order valence-corrected chi connectivity index (χ0v) is 13.4. The predicted octanol–water partition coefficient (Wildman–Crippen LogP) is 1.69. The first-order valence-corrected chi connectivity index (χ1v) is 8.65. The molecule has 2 heterocycles. The molecule has 1 aliphatic rings. The van der Waals surface area contributed by atoms with E-state index in [-0.39, 0.29) is 37.8 Å².